The average molecular weight is 208 g/mol. The second kappa shape index (κ2) is 6.36. The predicted molar refractivity (Wildman–Crippen MR) is 62.8 cm³/mol. The van der Waals surface area contributed by atoms with Crippen molar-refractivity contribution in [3.05, 3.63) is 35.9 Å². The smallest absolute Gasteiger partial charge is 0.142 e. The summed E-state index contributed by atoms with van der Waals surface area (Å²) in [4.78, 5) is 11.6. The molecule has 0 heterocycles. The van der Waals surface area contributed by atoms with E-state index in [4.69, 9.17) is 5.11 Å². The van der Waals surface area contributed by atoms with E-state index in [2.05, 4.69) is 0 Å². The van der Waals surface area contributed by atoms with E-state index in [1.807, 2.05) is 51.1 Å². The number of Topliss-reactive ketones (excluding diaryl/α,β-unsaturated/α-hetero) is 1. The molecule has 0 saturated carbocycles. The lowest BCUT2D eigenvalue weighted by Crippen LogP contribution is -2.21. The Hall–Kier alpha value is -1.15. The first-order valence-corrected chi connectivity index (χ1v) is 5.02. The highest BCUT2D eigenvalue weighted by molar-refractivity contribution is 5.85. The monoisotopic (exact) mass is 208 g/mol. The van der Waals surface area contributed by atoms with Crippen LogP contribution in [0.5, 0.6) is 0 Å². The van der Waals surface area contributed by atoms with E-state index < -0.39 is 0 Å². The van der Waals surface area contributed by atoms with Crippen molar-refractivity contribution in [2.75, 3.05) is 7.11 Å². The highest BCUT2D eigenvalue weighted by atomic mass is 16.2. The summed E-state index contributed by atoms with van der Waals surface area (Å²) in [6, 6.07) is 9.87. The number of aliphatic hydroxyl groups is 1. The minimum absolute atomic E-state index is 0.226. The molecule has 0 atom stereocenters. The van der Waals surface area contributed by atoms with Crippen LogP contribution >= 0.6 is 0 Å². The summed E-state index contributed by atoms with van der Waals surface area (Å²) < 4.78 is 0. The van der Waals surface area contributed by atoms with Crippen molar-refractivity contribution in [3.63, 3.8) is 0 Å². The molecule has 15 heavy (non-hydrogen) atoms. The largest absolute Gasteiger partial charge is 0.400 e. The van der Waals surface area contributed by atoms with Crippen molar-refractivity contribution in [1.82, 2.24) is 0 Å². The van der Waals surface area contributed by atoms with Crippen LogP contribution in [0.25, 0.3) is 0 Å². The number of hydrogen-bond donors (Lipinski definition) is 1. The Balaban J connectivity index is 0.000000921. The van der Waals surface area contributed by atoms with Gasteiger partial charge in [0.1, 0.15) is 5.78 Å². The SMILES string of the molecule is CC(C)(C)C(=O)Cc1ccccc1.CO. The molecule has 0 aliphatic heterocycles. The van der Waals surface area contributed by atoms with Crippen molar-refractivity contribution < 1.29 is 9.90 Å². The Morgan fingerprint density at radius 1 is 1.13 bits per heavy atom. The van der Waals surface area contributed by atoms with Crippen LogP contribution < -0.4 is 0 Å². The number of hydrogen-bond acceptors (Lipinski definition) is 2. The topological polar surface area (TPSA) is 37.3 Å². The molecule has 0 bridgehead atoms. The molecule has 0 aliphatic carbocycles. The molecule has 1 N–H and O–H groups in total. The van der Waals surface area contributed by atoms with Crippen LogP contribution in [0.2, 0.25) is 0 Å². The van der Waals surface area contributed by atoms with Gasteiger partial charge in [0.05, 0.1) is 0 Å². The van der Waals surface area contributed by atoms with Crippen molar-refractivity contribution in [3.8, 4) is 0 Å². The lowest BCUT2D eigenvalue weighted by atomic mass is 9.87. The fourth-order valence-electron chi connectivity index (χ4n) is 1.05. The molecule has 2 heteroatoms. The van der Waals surface area contributed by atoms with Crippen molar-refractivity contribution in [2.45, 2.75) is 27.2 Å². The highest BCUT2D eigenvalue weighted by Crippen LogP contribution is 2.17. The van der Waals surface area contributed by atoms with E-state index >= 15 is 0 Å². The van der Waals surface area contributed by atoms with Gasteiger partial charge in [-0.15, -0.1) is 0 Å². The molecule has 0 amide bonds. The van der Waals surface area contributed by atoms with E-state index in [0.717, 1.165) is 12.7 Å². The maximum atomic E-state index is 11.6. The Kier molecular flexibility index (Phi) is 5.87. The van der Waals surface area contributed by atoms with E-state index in [0.29, 0.717) is 12.2 Å². The lowest BCUT2D eigenvalue weighted by Gasteiger charge is -2.16. The zero-order valence-electron chi connectivity index (χ0n) is 9.95. The molecule has 0 saturated heterocycles. The van der Waals surface area contributed by atoms with E-state index in [1.54, 1.807) is 0 Å². The van der Waals surface area contributed by atoms with Gasteiger partial charge in [-0.2, -0.15) is 0 Å². The number of carbonyl (C=O) groups excluding carboxylic acids is 1. The number of carbonyl (C=O) groups is 1. The molecular weight excluding hydrogens is 188 g/mol. The van der Waals surface area contributed by atoms with Crippen LogP contribution in [0.4, 0.5) is 0 Å². The fourth-order valence-corrected chi connectivity index (χ4v) is 1.05. The maximum absolute atomic E-state index is 11.6. The summed E-state index contributed by atoms with van der Waals surface area (Å²) in [6.07, 6.45) is 0.546. The molecule has 0 fully saturated rings. The van der Waals surface area contributed by atoms with Crippen LogP contribution in [-0.2, 0) is 11.2 Å². The number of rotatable bonds is 2. The number of aliphatic hydroxyl groups excluding tert-OH is 1. The molecule has 1 aromatic carbocycles. The van der Waals surface area contributed by atoms with Gasteiger partial charge in [0.2, 0.25) is 0 Å². The Morgan fingerprint density at radius 3 is 2.00 bits per heavy atom. The summed E-state index contributed by atoms with van der Waals surface area (Å²) in [5.74, 6) is 0.290. The van der Waals surface area contributed by atoms with Crippen molar-refractivity contribution in [2.24, 2.45) is 5.41 Å². The number of ketones is 1. The minimum Gasteiger partial charge on any atom is -0.400 e. The Bertz CT molecular complexity index is 283. The summed E-state index contributed by atoms with van der Waals surface area (Å²) in [5.41, 5.74) is 0.873. The van der Waals surface area contributed by atoms with Gasteiger partial charge in [0, 0.05) is 18.9 Å². The standard InChI is InChI=1S/C12H16O.CH4O/c1-12(2,3)11(13)9-10-7-5-4-6-8-10;1-2/h4-8H,9H2,1-3H3;2H,1H3. The second-order valence-electron chi connectivity index (χ2n) is 4.34. The third kappa shape index (κ3) is 5.33. The Labute approximate surface area is 91.9 Å². The fraction of sp³-hybridized carbons (Fsp3) is 0.462. The maximum Gasteiger partial charge on any atom is 0.142 e. The summed E-state index contributed by atoms with van der Waals surface area (Å²) >= 11 is 0. The molecule has 0 aromatic heterocycles. The van der Waals surface area contributed by atoms with Gasteiger partial charge in [-0.25, -0.2) is 0 Å². The van der Waals surface area contributed by atoms with Gasteiger partial charge in [-0.1, -0.05) is 51.1 Å². The van der Waals surface area contributed by atoms with Gasteiger partial charge < -0.3 is 5.11 Å². The normalized spacial score (nSPS) is 10.2. The summed E-state index contributed by atoms with van der Waals surface area (Å²) in [6.45, 7) is 5.87. The van der Waals surface area contributed by atoms with Crippen LogP contribution in [-0.4, -0.2) is 18.0 Å². The second-order valence-corrected chi connectivity index (χ2v) is 4.34. The molecule has 0 unspecified atom stereocenters. The zero-order valence-corrected chi connectivity index (χ0v) is 9.95. The van der Waals surface area contributed by atoms with Crippen LogP contribution in [0.15, 0.2) is 30.3 Å². The summed E-state index contributed by atoms with van der Waals surface area (Å²) in [5, 5.41) is 7.00. The third-order valence-electron chi connectivity index (χ3n) is 2.04. The Morgan fingerprint density at radius 2 is 1.60 bits per heavy atom. The molecule has 84 valence electrons. The molecule has 1 rings (SSSR count). The highest BCUT2D eigenvalue weighted by Gasteiger charge is 2.20. The predicted octanol–water partition coefficient (Wildman–Crippen LogP) is 2.45. The van der Waals surface area contributed by atoms with Gasteiger partial charge in [0.25, 0.3) is 0 Å². The average Bonchev–Trinajstić information content (AvgIpc) is 2.21. The quantitative estimate of drug-likeness (QED) is 0.810. The van der Waals surface area contributed by atoms with Gasteiger partial charge in [-0.05, 0) is 5.56 Å². The van der Waals surface area contributed by atoms with Crippen LogP contribution in [0.1, 0.15) is 26.3 Å². The van der Waals surface area contributed by atoms with Gasteiger partial charge in [0.15, 0.2) is 0 Å². The molecule has 0 aliphatic rings. The zero-order chi connectivity index (χ0) is 11.9. The molecule has 0 spiro atoms. The first-order valence-electron chi connectivity index (χ1n) is 5.02. The van der Waals surface area contributed by atoms with Crippen molar-refractivity contribution >= 4 is 5.78 Å². The molecule has 0 radical (unpaired) electrons. The van der Waals surface area contributed by atoms with Crippen LogP contribution in [0.3, 0.4) is 0 Å². The van der Waals surface area contributed by atoms with Crippen LogP contribution in [0, 0.1) is 5.41 Å². The molecular formula is C13H20O2. The van der Waals surface area contributed by atoms with Gasteiger partial charge >= 0.3 is 0 Å². The third-order valence-corrected chi connectivity index (χ3v) is 2.04. The van der Waals surface area contributed by atoms with E-state index in [-0.39, 0.29) is 5.41 Å². The first-order chi connectivity index (χ1) is 7.00. The van der Waals surface area contributed by atoms with Crippen molar-refractivity contribution in [1.29, 1.82) is 0 Å². The first kappa shape index (κ1) is 13.8. The lowest BCUT2D eigenvalue weighted by molar-refractivity contribution is -0.125. The van der Waals surface area contributed by atoms with E-state index in [1.165, 1.54) is 0 Å². The molecule has 1 aromatic rings. The number of benzene rings is 1. The minimum atomic E-state index is -0.226. The van der Waals surface area contributed by atoms with E-state index in [9.17, 15) is 4.79 Å². The molecule has 2 nitrogen and oxygen atoms in total. The van der Waals surface area contributed by atoms with Gasteiger partial charge in [-0.3, -0.25) is 4.79 Å². The summed E-state index contributed by atoms with van der Waals surface area (Å²) in [7, 11) is 1.00.